The van der Waals surface area contributed by atoms with Crippen LogP contribution < -0.4 is 5.32 Å². The second-order valence-electron chi connectivity index (χ2n) is 5.36. The molecule has 1 N–H and O–H groups in total. The molecule has 1 amide bonds. The molecule has 2 heterocycles. The molecule has 23 heavy (non-hydrogen) atoms. The molecule has 0 unspecified atom stereocenters. The number of rotatable bonds is 3. The third-order valence-electron chi connectivity index (χ3n) is 3.70. The SMILES string of the molecule is C=C1COCCN1C(=O)[C@@H](C)Nc1ncnc2cc(Cl)ccc12. The number of ether oxygens (including phenoxy) is 1. The predicted octanol–water partition coefficient (Wildman–Crippen LogP) is 2.46. The topological polar surface area (TPSA) is 67.3 Å². The van der Waals surface area contributed by atoms with Crippen molar-refractivity contribution in [3.8, 4) is 0 Å². The molecule has 2 aromatic rings. The van der Waals surface area contributed by atoms with E-state index in [1.807, 2.05) is 6.07 Å². The molecule has 1 saturated heterocycles. The lowest BCUT2D eigenvalue weighted by atomic mass is 10.2. The molecule has 1 aromatic heterocycles. The molecule has 1 atom stereocenters. The monoisotopic (exact) mass is 332 g/mol. The highest BCUT2D eigenvalue weighted by atomic mass is 35.5. The highest BCUT2D eigenvalue weighted by Crippen LogP contribution is 2.23. The lowest BCUT2D eigenvalue weighted by Crippen LogP contribution is -2.45. The third-order valence-corrected chi connectivity index (χ3v) is 3.93. The zero-order valence-electron chi connectivity index (χ0n) is 12.8. The van der Waals surface area contributed by atoms with Gasteiger partial charge in [-0.3, -0.25) is 4.79 Å². The van der Waals surface area contributed by atoms with Crippen molar-refractivity contribution in [3.63, 3.8) is 0 Å². The van der Waals surface area contributed by atoms with Crippen molar-refractivity contribution in [1.29, 1.82) is 0 Å². The molecule has 0 spiro atoms. The molecule has 120 valence electrons. The van der Waals surface area contributed by atoms with E-state index in [-0.39, 0.29) is 5.91 Å². The highest BCUT2D eigenvalue weighted by molar-refractivity contribution is 6.31. The van der Waals surface area contributed by atoms with Gasteiger partial charge < -0.3 is 15.0 Å². The Balaban J connectivity index is 1.81. The van der Waals surface area contributed by atoms with Gasteiger partial charge in [-0.05, 0) is 25.1 Å². The van der Waals surface area contributed by atoms with E-state index in [9.17, 15) is 4.79 Å². The molecular formula is C16H17ClN4O2. The summed E-state index contributed by atoms with van der Waals surface area (Å²) in [6, 6.07) is 4.93. The first kappa shape index (κ1) is 15.7. The fraction of sp³-hybridized carbons (Fsp3) is 0.312. The summed E-state index contributed by atoms with van der Waals surface area (Å²) < 4.78 is 5.28. The Bertz CT molecular complexity index is 765. The van der Waals surface area contributed by atoms with E-state index in [1.165, 1.54) is 6.33 Å². The van der Waals surface area contributed by atoms with Crippen molar-refractivity contribution >= 4 is 34.2 Å². The van der Waals surface area contributed by atoms with Gasteiger partial charge >= 0.3 is 0 Å². The number of carbonyl (C=O) groups excluding carboxylic acids is 1. The van der Waals surface area contributed by atoms with Crippen molar-refractivity contribution in [2.75, 3.05) is 25.1 Å². The zero-order valence-corrected chi connectivity index (χ0v) is 13.5. The summed E-state index contributed by atoms with van der Waals surface area (Å²) in [7, 11) is 0. The van der Waals surface area contributed by atoms with Crippen LogP contribution in [0.3, 0.4) is 0 Å². The van der Waals surface area contributed by atoms with Crippen LogP contribution in [0.2, 0.25) is 5.02 Å². The summed E-state index contributed by atoms with van der Waals surface area (Å²) in [5, 5.41) is 4.58. The summed E-state index contributed by atoms with van der Waals surface area (Å²) >= 11 is 5.98. The molecule has 3 rings (SSSR count). The van der Waals surface area contributed by atoms with Gasteiger partial charge in [-0.15, -0.1) is 0 Å². The van der Waals surface area contributed by atoms with Gasteiger partial charge in [0.05, 0.1) is 18.7 Å². The van der Waals surface area contributed by atoms with E-state index in [0.717, 1.165) is 10.9 Å². The molecule has 1 fully saturated rings. The average Bonchev–Trinajstić information content (AvgIpc) is 2.54. The van der Waals surface area contributed by atoms with Gasteiger partial charge in [-0.1, -0.05) is 18.2 Å². The van der Waals surface area contributed by atoms with E-state index >= 15 is 0 Å². The second kappa shape index (κ2) is 6.52. The standard InChI is InChI=1S/C16H17ClN4O2/c1-10-8-23-6-5-21(10)16(22)11(2)20-15-13-4-3-12(17)7-14(13)18-9-19-15/h3-4,7,9,11H,1,5-6,8H2,2H3,(H,18,19,20)/t11-/m1/s1. The van der Waals surface area contributed by atoms with Crippen LogP contribution >= 0.6 is 11.6 Å². The quantitative estimate of drug-likeness (QED) is 0.935. The predicted molar refractivity (Wildman–Crippen MR) is 89.3 cm³/mol. The summed E-state index contributed by atoms with van der Waals surface area (Å²) in [6.07, 6.45) is 1.45. The normalized spacial score (nSPS) is 16.4. The van der Waals surface area contributed by atoms with Crippen LogP contribution in [0, 0.1) is 0 Å². The Morgan fingerprint density at radius 1 is 1.48 bits per heavy atom. The molecule has 0 saturated carbocycles. The molecular weight excluding hydrogens is 316 g/mol. The van der Waals surface area contributed by atoms with Gasteiger partial charge in [0.25, 0.3) is 0 Å². The number of halogens is 1. The van der Waals surface area contributed by atoms with Crippen molar-refractivity contribution < 1.29 is 9.53 Å². The van der Waals surface area contributed by atoms with Gasteiger partial charge in [-0.25, -0.2) is 9.97 Å². The second-order valence-corrected chi connectivity index (χ2v) is 5.79. The van der Waals surface area contributed by atoms with Gasteiger partial charge in [0, 0.05) is 22.7 Å². The number of anilines is 1. The van der Waals surface area contributed by atoms with E-state index in [2.05, 4.69) is 21.9 Å². The van der Waals surface area contributed by atoms with Crippen LogP contribution in [0.25, 0.3) is 10.9 Å². The highest BCUT2D eigenvalue weighted by Gasteiger charge is 2.25. The fourth-order valence-corrected chi connectivity index (χ4v) is 2.66. The van der Waals surface area contributed by atoms with Gasteiger partial charge in [0.15, 0.2) is 0 Å². The van der Waals surface area contributed by atoms with Crippen LogP contribution in [0.5, 0.6) is 0 Å². The molecule has 0 bridgehead atoms. The molecule has 0 radical (unpaired) electrons. The molecule has 1 aliphatic rings. The number of amides is 1. The summed E-state index contributed by atoms with van der Waals surface area (Å²) in [5.41, 5.74) is 1.40. The third kappa shape index (κ3) is 3.28. The van der Waals surface area contributed by atoms with Crippen LogP contribution in [-0.2, 0) is 9.53 Å². The summed E-state index contributed by atoms with van der Waals surface area (Å²) in [5.74, 6) is 0.547. The molecule has 1 aliphatic heterocycles. The lowest BCUT2D eigenvalue weighted by Gasteiger charge is -2.31. The average molecular weight is 333 g/mol. The van der Waals surface area contributed by atoms with Crippen LogP contribution in [0.15, 0.2) is 36.8 Å². The van der Waals surface area contributed by atoms with E-state index in [4.69, 9.17) is 16.3 Å². The number of hydrogen-bond acceptors (Lipinski definition) is 5. The largest absolute Gasteiger partial charge is 0.373 e. The Kier molecular flexibility index (Phi) is 4.45. The maximum Gasteiger partial charge on any atom is 0.249 e. The van der Waals surface area contributed by atoms with E-state index in [0.29, 0.717) is 36.3 Å². The Morgan fingerprint density at radius 3 is 3.09 bits per heavy atom. The Labute approximate surface area is 139 Å². The Morgan fingerprint density at radius 2 is 2.30 bits per heavy atom. The van der Waals surface area contributed by atoms with Crippen molar-refractivity contribution in [3.05, 3.63) is 41.8 Å². The smallest absolute Gasteiger partial charge is 0.249 e. The van der Waals surface area contributed by atoms with Crippen LogP contribution in [0.4, 0.5) is 5.82 Å². The molecule has 0 aliphatic carbocycles. The van der Waals surface area contributed by atoms with Gasteiger partial charge in [-0.2, -0.15) is 0 Å². The number of fused-ring (bicyclic) bond motifs is 1. The van der Waals surface area contributed by atoms with Crippen LogP contribution in [0.1, 0.15) is 6.92 Å². The van der Waals surface area contributed by atoms with Crippen LogP contribution in [-0.4, -0.2) is 46.6 Å². The fourth-order valence-electron chi connectivity index (χ4n) is 2.49. The lowest BCUT2D eigenvalue weighted by molar-refractivity contribution is -0.132. The molecule has 1 aromatic carbocycles. The maximum absolute atomic E-state index is 12.6. The number of morpholine rings is 1. The number of nitrogens with one attached hydrogen (secondary N) is 1. The van der Waals surface area contributed by atoms with Crippen molar-refractivity contribution in [1.82, 2.24) is 14.9 Å². The number of carbonyl (C=O) groups is 1. The van der Waals surface area contributed by atoms with Gasteiger partial charge in [0.1, 0.15) is 18.2 Å². The molecule has 7 heteroatoms. The maximum atomic E-state index is 12.6. The number of benzene rings is 1. The van der Waals surface area contributed by atoms with Gasteiger partial charge in [0.2, 0.25) is 5.91 Å². The minimum Gasteiger partial charge on any atom is -0.373 e. The first-order valence-electron chi connectivity index (χ1n) is 7.30. The Hall–Kier alpha value is -2.18. The summed E-state index contributed by atoms with van der Waals surface area (Å²) in [4.78, 5) is 22.7. The first-order chi connectivity index (χ1) is 11.1. The van der Waals surface area contributed by atoms with E-state index < -0.39 is 6.04 Å². The zero-order chi connectivity index (χ0) is 16.4. The summed E-state index contributed by atoms with van der Waals surface area (Å²) in [6.45, 7) is 7.10. The van der Waals surface area contributed by atoms with Crippen molar-refractivity contribution in [2.24, 2.45) is 0 Å². The van der Waals surface area contributed by atoms with Crippen molar-refractivity contribution in [2.45, 2.75) is 13.0 Å². The number of nitrogens with zero attached hydrogens (tertiary/aromatic N) is 3. The van der Waals surface area contributed by atoms with E-state index in [1.54, 1.807) is 24.0 Å². The minimum atomic E-state index is -0.446. The number of hydrogen-bond donors (Lipinski definition) is 1. The first-order valence-corrected chi connectivity index (χ1v) is 7.68. The number of aromatic nitrogens is 2. The minimum absolute atomic E-state index is 0.0565. The molecule has 6 nitrogen and oxygen atoms in total.